The summed E-state index contributed by atoms with van der Waals surface area (Å²) in [7, 11) is 4.61. The van der Waals surface area contributed by atoms with Crippen LogP contribution >= 0.6 is 11.3 Å². The van der Waals surface area contributed by atoms with E-state index >= 15 is 0 Å². The molecule has 2 N–H and O–H groups in total. The number of methoxy groups -OCH3 is 3. The van der Waals surface area contributed by atoms with Gasteiger partial charge in [0.1, 0.15) is 23.3 Å². The first-order valence-corrected chi connectivity index (χ1v) is 10.5. The molecule has 1 unspecified atom stereocenters. The summed E-state index contributed by atoms with van der Waals surface area (Å²) in [6.45, 7) is 3.72. The van der Waals surface area contributed by atoms with E-state index in [4.69, 9.17) is 14.2 Å². The van der Waals surface area contributed by atoms with Crippen LogP contribution in [0.1, 0.15) is 24.2 Å². The minimum Gasteiger partial charge on any atom is -0.497 e. The molecule has 8 nitrogen and oxygen atoms in total. The highest BCUT2D eigenvalue weighted by atomic mass is 32.1. The van der Waals surface area contributed by atoms with Gasteiger partial charge in [-0.1, -0.05) is 25.2 Å². The first-order valence-electron chi connectivity index (χ1n) is 9.64. The molecule has 3 aromatic rings. The molecular formula is C22H25N3O5S. The topological polar surface area (TPSA) is 98.8 Å². The molecule has 1 atom stereocenters. The largest absolute Gasteiger partial charge is 0.497 e. The molecule has 0 bridgehead atoms. The molecule has 0 saturated heterocycles. The average molecular weight is 444 g/mol. The number of aromatic nitrogens is 1. The fourth-order valence-electron chi connectivity index (χ4n) is 2.97. The van der Waals surface area contributed by atoms with Crippen molar-refractivity contribution in [1.82, 2.24) is 10.3 Å². The lowest BCUT2D eigenvalue weighted by atomic mass is 10.0. The van der Waals surface area contributed by atoms with Crippen molar-refractivity contribution in [2.24, 2.45) is 5.92 Å². The van der Waals surface area contributed by atoms with E-state index in [1.807, 2.05) is 32.0 Å². The monoisotopic (exact) mass is 443 g/mol. The number of fused-ring (bicyclic) bond motifs is 1. The average Bonchev–Trinajstić information content (AvgIpc) is 3.17. The molecule has 2 aromatic carbocycles. The number of nitrogens with zero attached hydrogens (tertiary/aromatic N) is 1. The Kier molecular flexibility index (Phi) is 6.96. The van der Waals surface area contributed by atoms with Crippen molar-refractivity contribution in [2.75, 3.05) is 26.6 Å². The third-order valence-corrected chi connectivity index (χ3v) is 5.61. The number of amides is 2. The number of rotatable bonds is 8. The maximum Gasteiger partial charge on any atom is 0.252 e. The number of hydrogen-bond acceptors (Lipinski definition) is 7. The number of benzene rings is 2. The Hall–Kier alpha value is -3.33. The molecule has 0 aliphatic heterocycles. The van der Waals surface area contributed by atoms with E-state index in [2.05, 4.69) is 15.6 Å². The first kappa shape index (κ1) is 22.4. The number of ether oxygens (including phenoxy) is 3. The molecule has 164 valence electrons. The minimum atomic E-state index is -0.758. The number of thiazole rings is 1. The van der Waals surface area contributed by atoms with Gasteiger partial charge in [0.2, 0.25) is 5.91 Å². The molecule has 9 heteroatoms. The standard InChI is InChI=1S/C22H25N3O5S/c1-12(2)19(24-20(26)13-8-15(29-4)10-16(9-13)30-5)21(27)25-22-23-17-7-6-14(28-3)11-18(17)31-22/h6-12,19H,1-5H3,(H,24,26)(H,23,25,27). The van der Waals surface area contributed by atoms with Crippen LogP contribution in [0.15, 0.2) is 36.4 Å². The predicted molar refractivity (Wildman–Crippen MR) is 120 cm³/mol. The highest BCUT2D eigenvalue weighted by molar-refractivity contribution is 7.22. The zero-order chi connectivity index (χ0) is 22.5. The van der Waals surface area contributed by atoms with Crippen molar-refractivity contribution in [1.29, 1.82) is 0 Å². The molecule has 0 fully saturated rings. The Morgan fingerprint density at radius 1 is 0.935 bits per heavy atom. The summed E-state index contributed by atoms with van der Waals surface area (Å²) in [5.74, 6) is 0.796. The van der Waals surface area contributed by atoms with Gasteiger partial charge >= 0.3 is 0 Å². The second-order valence-electron chi connectivity index (χ2n) is 7.14. The summed E-state index contributed by atoms with van der Waals surface area (Å²) >= 11 is 1.34. The lowest BCUT2D eigenvalue weighted by molar-refractivity contribution is -0.118. The van der Waals surface area contributed by atoms with Crippen molar-refractivity contribution in [3.63, 3.8) is 0 Å². The maximum absolute atomic E-state index is 12.9. The molecule has 31 heavy (non-hydrogen) atoms. The Morgan fingerprint density at radius 2 is 1.58 bits per heavy atom. The van der Waals surface area contributed by atoms with Crippen LogP contribution in [-0.4, -0.2) is 44.2 Å². The minimum absolute atomic E-state index is 0.147. The Balaban J connectivity index is 1.77. The van der Waals surface area contributed by atoms with Crippen molar-refractivity contribution in [3.05, 3.63) is 42.0 Å². The van der Waals surface area contributed by atoms with Crippen LogP contribution in [0.4, 0.5) is 5.13 Å². The molecule has 2 amide bonds. The quantitative estimate of drug-likeness (QED) is 0.551. The van der Waals surface area contributed by atoms with Gasteiger partial charge in [-0.25, -0.2) is 4.98 Å². The third-order valence-electron chi connectivity index (χ3n) is 4.68. The van der Waals surface area contributed by atoms with E-state index in [9.17, 15) is 9.59 Å². The van der Waals surface area contributed by atoms with Crippen LogP contribution in [-0.2, 0) is 4.79 Å². The second kappa shape index (κ2) is 9.65. The molecular weight excluding hydrogens is 418 g/mol. The van der Waals surface area contributed by atoms with Gasteiger partial charge in [0.05, 0.1) is 31.5 Å². The van der Waals surface area contributed by atoms with Crippen LogP contribution < -0.4 is 24.8 Å². The summed E-state index contributed by atoms with van der Waals surface area (Å²) < 4.78 is 16.6. The Bertz CT molecular complexity index is 1070. The highest BCUT2D eigenvalue weighted by Crippen LogP contribution is 2.29. The van der Waals surface area contributed by atoms with E-state index in [0.29, 0.717) is 22.2 Å². The van der Waals surface area contributed by atoms with Crippen LogP contribution in [0.25, 0.3) is 10.2 Å². The van der Waals surface area contributed by atoms with Gasteiger partial charge in [-0.2, -0.15) is 0 Å². The molecule has 0 saturated carbocycles. The zero-order valence-corrected chi connectivity index (χ0v) is 18.8. The molecule has 0 radical (unpaired) electrons. The van der Waals surface area contributed by atoms with Crippen molar-refractivity contribution in [2.45, 2.75) is 19.9 Å². The maximum atomic E-state index is 12.9. The van der Waals surface area contributed by atoms with Gasteiger partial charge in [-0.05, 0) is 36.2 Å². The van der Waals surface area contributed by atoms with Gasteiger partial charge in [0, 0.05) is 11.6 Å². The van der Waals surface area contributed by atoms with Crippen molar-refractivity contribution < 1.29 is 23.8 Å². The summed E-state index contributed by atoms with van der Waals surface area (Å²) in [6.07, 6.45) is 0. The number of anilines is 1. The zero-order valence-electron chi connectivity index (χ0n) is 18.0. The summed E-state index contributed by atoms with van der Waals surface area (Å²) in [5.41, 5.74) is 1.09. The van der Waals surface area contributed by atoms with Crippen LogP contribution in [0.2, 0.25) is 0 Å². The predicted octanol–water partition coefficient (Wildman–Crippen LogP) is 3.72. The van der Waals surface area contributed by atoms with E-state index < -0.39 is 11.9 Å². The summed E-state index contributed by atoms with van der Waals surface area (Å²) in [6, 6.07) is 9.60. The Labute approximate surface area is 184 Å². The van der Waals surface area contributed by atoms with E-state index in [1.165, 1.54) is 25.6 Å². The van der Waals surface area contributed by atoms with Crippen LogP contribution in [0, 0.1) is 5.92 Å². The first-order chi connectivity index (χ1) is 14.8. The number of carbonyl (C=O) groups is 2. The smallest absolute Gasteiger partial charge is 0.252 e. The van der Waals surface area contributed by atoms with Crippen LogP contribution in [0.5, 0.6) is 17.2 Å². The van der Waals surface area contributed by atoms with Crippen LogP contribution in [0.3, 0.4) is 0 Å². The fourth-order valence-corrected chi connectivity index (χ4v) is 3.86. The van der Waals surface area contributed by atoms with E-state index in [0.717, 1.165) is 16.0 Å². The lowest BCUT2D eigenvalue weighted by Gasteiger charge is -2.21. The van der Waals surface area contributed by atoms with Crippen molar-refractivity contribution in [3.8, 4) is 17.2 Å². The fraction of sp³-hybridized carbons (Fsp3) is 0.318. The molecule has 0 aliphatic rings. The van der Waals surface area contributed by atoms with E-state index in [1.54, 1.807) is 25.3 Å². The van der Waals surface area contributed by atoms with Gasteiger partial charge in [-0.3, -0.25) is 9.59 Å². The normalized spacial score (nSPS) is 11.8. The molecule has 3 rings (SSSR count). The van der Waals surface area contributed by atoms with Gasteiger partial charge in [0.15, 0.2) is 5.13 Å². The van der Waals surface area contributed by atoms with Gasteiger partial charge in [0.25, 0.3) is 5.91 Å². The van der Waals surface area contributed by atoms with Gasteiger partial charge in [-0.15, -0.1) is 0 Å². The summed E-state index contributed by atoms with van der Waals surface area (Å²) in [5, 5.41) is 6.07. The highest BCUT2D eigenvalue weighted by Gasteiger charge is 2.26. The molecule has 0 aliphatic carbocycles. The number of hydrogen-bond donors (Lipinski definition) is 2. The lowest BCUT2D eigenvalue weighted by Crippen LogP contribution is -2.47. The molecule has 0 spiro atoms. The third kappa shape index (κ3) is 5.24. The van der Waals surface area contributed by atoms with Crippen molar-refractivity contribution >= 4 is 38.5 Å². The number of carbonyl (C=O) groups excluding carboxylic acids is 2. The second-order valence-corrected chi connectivity index (χ2v) is 8.17. The SMILES string of the molecule is COc1cc(OC)cc(C(=O)NC(C(=O)Nc2nc3ccc(OC)cc3s2)C(C)C)c1. The Morgan fingerprint density at radius 3 is 2.16 bits per heavy atom. The number of nitrogens with one attached hydrogen (secondary N) is 2. The molecule has 1 heterocycles. The summed E-state index contributed by atoms with van der Waals surface area (Å²) in [4.78, 5) is 30.2. The van der Waals surface area contributed by atoms with E-state index in [-0.39, 0.29) is 11.8 Å². The van der Waals surface area contributed by atoms with Gasteiger partial charge < -0.3 is 24.8 Å². The molecule has 1 aromatic heterocycles.